The SMILES string of the molecule is NC(=O)c1cc(-c2cc(Cl)ccc2Cl)cc([N+](=O)[O-])c1. The van der Waals surface area contributed by atoms with E-state index in [4.69, 9.17) is 28.9 Å². The average Bonchev–Trinajstić information content (AvgIpc) is 2.40. The molecule has 5 nitrogen and oxygen atoms in total. The van der Waals surface area contributed by atoms with E-state index in [1.165, 1.54) is 12.1 Å². The molecule has 0 saturated carbocycles. The minimum Gasteiger partial charge on any atom is -0.366 e. The summed E-state index contributed by atoms with van der Waals surface area (Å²) in [6, 6.07) is 8.59. The number of hydrogen-bond donors (Lipinski definition) is 1. The predicted octanol–water partition coefficient (Wildman–Crippen LogP) is 3.67. The number of nitrogens with two attached hydrogens (primary N) is 1. The molecule has 1 amide bonds. The third-order valence-corrected chi connectivity index (χ3v) is 3.22. The fraction of sp³-hybridized carbons (Fsp3) is 0. The number of hydrogen-bond acceptors (Lipinski definition) is 3. The van der Waals surface area contributed by atoms with Crippen LogP contribution in [-0.2, 0) is 0 Å². The summed E-state index contributed by atoms with van der Waals surface area (Å²) in [6.07, 6.45) is 0. The zero-order chi connectivity index (χ0) is 14.9. The largest absolute Gasteiger partial charge is 0.366 e. The number of nitrogens with zero attached hydrogens (tertiary/aromatic N) is 1. The van der Waals surface area contributed by atoms with Gasteiger partial charge in [-0.25, -0.2) is 0 Å². The number of carbonyl (C=O) groups excluding carboxylic acids is 1. The van der Waals surface area contributed by atoms with Crippen LogP contribution in [0.15, 0.2) is 36.4 Å². The van der Waals surface area contributed by atoms with Gasteiger partial charge in [0.2, 0.25) is 5.91 Å². The standard InChI is InChI=1S/C13H8Cl2N2O3/c14-9-1-2-12(15)11(6-9)7-3-8(13(16)18)5-10(4-7)17(19)20/h1-6H,(H2,16,18). The molecule has 0 fully saturated rings. The number of nitro benzene ring substituents is 1. The van der Waals surface area contributed by atoms with Gasteiger partial charge in [0.1, 0.15) is 0 Å². The van der Waals surface area contributed by atoms with Crippen LogP contribution in [-0.4, -0.2) is 10.8 Å². The smallest absolute Gasteiger partial charge is 0.270 e. The maximum atomic E-state index is 11.3. The molecule has 2 rings (SSSR count). The molecule has 0 saturated heterocycles. The second-order valence-electron chi connectivity index (χ2n) is 4.01. The molecule has 0 aromatic heterocycles. The van der Waals surface area contributed by atoms with E-state index in [1.54, 1.807) is 18.2 Å². The van der Waals surface area contributed by atoms with Gasteiger partial charge in [0.05, 0.1) is 4.92 Å². The van der Waals surface area contributed by atoms with Crippen molar-refractivity contribution in [1.82, 2.24) is 0 Å². The third-order valence-electron chi connectivity index (χ3n) is 2.65. The minimum absolute atomic E-state index is 0.0326. The Morgan fingerprint density at radius 3 is 2.45 bits per heavy atom. The lowest BCUT2D eigenvalue weighted by Crippen LogP contribution is -2.11. The molecule has 0 atom stereocenters. The van der Waals surface area contributed by atoms with Crippen molar-refractivity contribution in [3.05, 3.63) is 62.1 Å². The van der Waals surface area contributed by atoms with Crippen LogP contribution in [0.5, 0.6) is 0 Å². The molecule has 2 aromatic rings. The van der Waals surface area contributed by atoms with E-state index in [-0.39, 0.29) is 11.3 Å². The molecule has 2 N–H and O–H groups in total. The Kier molecular flexibility index (Phi) is 3.92. The first-order valence-electron chi connectivity index (χ1n) is 5.43. The Bertz CT molecular complexity index is 685. The van der Waals surface area contributed by atoms with Gasteiger partial charge in [-0.3, -0.25) is 14.9 Å². The summed E-state index contributed by atoms with van der Waals surface area (Å²) < 4.78 is 0. The van der Waals surface area contributed by atoms with Gasteiger partial charge < -0.3 is 5.73 Å². The van der Waals surface area contributed by atoms with Crippen LogP contribution in [0.2, 0.25) is 10.0 Å². The van der Waals surface area contributed by atoms with E-state index in [2.05, 4.69) is 0 Å². The number of benzene rings is 2. The number of halogens is 2. The average molecular weight is 311 g/mol. The molecule has 0 unspecified atom stereocenters. The van der Waals surface area contributed by atoms with Crippen LogP contribution in [0.4, 0.5) is 5.69 Å². The van der Waals surface area contributed by atoms with Gasteiger partial charge >= 0.3 is 0 Å². The van der Waals surface area contributed by atoms with E-state index in [0.717, 1.165) is 6.07 Å². The van der Waals surface area contributed by atoms with Crippen molar-refractivity contribution in [2.24, 2.45) is 5.73 Å². The molecule has 0 heterocycles. The summed E-state index contributed by atoms with van der Waals surface area (Å²) >= 11 is 11.9. The topological polar surface area (TPSA) is 86.2 Å². The molecular formula is C13H8Cl2N2O3. The van der Waals surface area contributed by atoms with E-state index in [0.29, 0.717) is 21.2 Å². The Morgan fingerprint density at radius 2 is 1.85 bits per heavy atom. The van der Waals surface area contributed by atoms with Gasteiger partial charge in [-0.2, -0.15) is 0 Å². The second-order valence-corrected chi connectivity index (χ2v) is 4.86. The van der Waals surface area contributed by atoms with E-state index in [9.17, 15) is 14.9 Å². The number of nitro groups is 1. The number of amides is 1. The van der Waals surface area contributed by atoms with Gasteiger partial charge in [0.15, 0.2) is 0 Å². The highest BCUT2D eigenvalue weighted by Crippen LogP contribution is 2.33. The summed E-state index contributed by atoms with van der Waals surface area (Å²) in [4.78, 5) is 21.6. The van der Waals surface area contributed by atoms with Gasteiger partial charge in [0.25, 0.3) is 5.69 Å². The van der Waals surface area contributed by atoms with Crippen molar-refractivity contribution in [2.45, 2.75) is 0 Å². The number of primary amides is 1. The molecule has 0 aliphatic heterocycles. The monoisotopic (exact) mass is 310 g/mol. The molecule has 0 radical (unpaired) electrons. The van der Waals surface area contributed by atoms with Gasteiger partial charge in [0, 0.05) is 33.3 Å². The van der Waals surface area contributed by atoms with Crippen molar-refractivity contribution in [2.75, 3.05) is 0 Å². The Morgan fingerprint density at radius 1 is 1.15 bits per heavy atom. The van der Waals surface area contributed by atoms with Crippen LogP contribution in [0, 0.1) is 10.1 Å². The van der Waals surface area contributed by atoms with Crippen LogP contribution >= 0.6 is 23.2 Å². The quantitative estimate of drug-likeness (QED) is 0.693. The van der Waals surface area contributed by atoms with Gasteiger partial charge in [-0.1, -0.05) is 23.2 Å². The summed E-state index contributed by atoms with van der Waals surface area (Å²) in [5.41, 5.74) is 5.86. The van der Waals surface area contributed by atoms with Crippen molar-refractivity contribution >= 4 is 34.8 Å². The van der Waals surface area contributed by atoms with Crippen molar-refractivity contribution in [3.8, 4) is 11.1 Å². The highest BCUT2D eigenvalue weighted by atomic mass is 35.5. The van der Waals surface area contributed by atoms with Crippen molar-refractivity contribution in [1.29, 1.82) is 0 Å². The fourth-order valence-corrected chi connectivity index (χ4v) is 2.13. The molecule has 0 spiro atoms. The first-order valence-corrected chi connectivity index (χ1v) is 6.19. The van der Waals surface area contributed by atoms with Crippen LogP contribution in [0.25, 0.3) is 11.1 Å². The Labute approximate surface area is 124 Å². The lowest BCUT2D eigenvalue weighted by atomic mass is 10.0. The lowest BCUT2D eigenvalue weighted by molar-refractivity contribution is -0.384. The second kappa shape index (κ2) is 5.48. The summed E-state index contributed by atoms with van der Waals surface area (Å²) in [7, 11) is 0. The third kappa shape index (κ3) is 2.89. The van der Waals surface area contributed by atoms with Crippen molar-refractivity contribution in [3.63, 3.8) is 0 Å². The van der Waals surface area contributed by atoms with E-state index >= 15 is 0 Å². The van der Waals surface area contributed by atoms with Gasteiger partial charge in [-0.05, 0) is 29.8 Å². The summed E-state index contributed by atoms with van der Waals surface area (Å²) in [6.45, 7) is 0. The lowest BCUT2D eigenvalue weighted by Gasteiger charge is -2.07. The van der Waals surface area contributed by atoms with Crippen LogP contribution in [0.3, 0.4) is 0 Å². The zero-order valence-corrected chi connectivity index (χ0v) is 11.5. The predicted molar refractivity (Wildman–Crippen MR) is 77.1 cm³/mol. The van der Waals surface area contributed by atoms with E-state index in [1.807, 2.05) is 0 Å². The number of rotatable bonds is 3. The molecular weight excluding hydrogens is 303 g/mol. The van der Waals surface area contributed by atoms with Crippen molar-refractivity contribution < 1.29 is 9.72 Å². The Hall–Kier alpha value is -2.11. The molecule has 0 aliphatic carbocycles. The van der Waals surface area contributed by atoms with Crippen LogP contribution in [0.1, 0.15) is 10.4 Å². The van der Waals surface area contributed by atoms with Crippen LogP contribution < -0.4 is 5.73 Å². The first-order chi connectivity index (χ1) is 9.38. The molecule has 102 valence electrons. The maximum absolute atomic E-state index is 11.3. The highest BCUT2D eigenvalue weighted by Gasteiger charge is 2.15. The highest BCUT2D eigenvalue weighted by molar-refractivity contribution is 6.35. The normalized spacial score (nSPS) is 10.3. The number of carbonyl (C=O) groups is 1. The van der Waals surface area contributed by atoms with E-state index < -0.39 is 10.8 Å². The summed E-state index contributed by atoms with van der Waals surface area (Å²) in [5.74, 6) is -0.756. The molecule has 7 heteroatoms. The fourth-order valence-electron chi connectivity index (χ4n) is 1.73. The zero-order valence-electron chi connectivity index (χ0n) is 9.97. The summed E-state index contributed by atoms with van der Waals surface area (Å²) in [5, 5.41) is 11.7. The molecule has 20 heavy (non-hydrogen) atoms. The molecule has 0 bridgehead atoms. The molecule has 0 aliphatic rings. The maximum Gasteiger partial charge on any atom is 0.270 e. The Balaban J connectivity index is 2.69. The minimum atomic E-state index is -0.756. The molecule has 2 aromatic carbocycles. The first kappa shape index (κ1) is 14.3. The number of non-ortho nitro benzene ring substituents is 1. The van der Waals surface area contributed by atoms with Gasteiger partial charge in [-0.15, -0.1) is 0 Å².